The molecule has 0 fully saturated rings. The summed E-state index contributed by atoms with van der Waals surface area (Å²) in [6.45, 7) is 2.79. The number of hydrogen-bond donors (Lipinski definition) is 1. The highest BCUT2D eigenvalue weighted by Crippen LogP contribution is 2.25. The van der Waals surface area contributed by atoms with E-state index in [1.54, 1.807) is 23.5 Å². The van der Waals surface area contributed by atoms with Crippen LogP contribution in [0.1, 0.15) is 16.1 Å². The van der Waals surface area contributed by atoms with Crippen molar-refractivity contribution in [1.29, 1.82) is 0 Å². The molecule has 0 spiro atoms. The lowest BCUT2D eigenvalue weighted by Crippen LogP contribution is -2.30. The fourth-order valence-electron chi connectivity index (χ4n) is 2.89. The lowest BCUT2D eigenvalue weighted by molar-refractivity contribution is 0.245. The molecule has 1 aliphatic heterocycles. The second-order valence-electron chi connectivity index (χ2n) is 5.99. The number of benzene rings is 1. The number of nitrogens with zero attached hydrogens (tertiary/aromatic N) is 3. The molecule has 0 amide bonds. The second kappa shape index (κ2) is 7.19. The van der Waals surface area contributed by atoms with E-state index in [0.29, 0.717) is 5.95 Å². The van der Waals surface area contributed by atoms with Crippen molar-refractivity contribution in [2.24, 2.45) is 0 Å². The topological polar surface area (TPSA) is 41.1 Å². The number of thiophene rings is 1. The van der Waals surface area contributed by atoms with Crippen molar-refractivity contribution < 1.29 is 4.39 Å². The average molecular weight is 419 g/mol. The molecular weight excluding hydrogens is 403 g/mol. The van der Waals surface area contributed by atoms with Gasteiger partial charge in [-0.05, 0) is 46.3 Å². The Balaban J connectivity index is 1.44. The molecule has 4 nitrogen and oxygen atoms in total. The molecule has 3 heterocycles. The number of anilines is 2. The summed E-state index contributed by atoms with van der Waals surface area (Å²) in [4.78, 5) is 12.8. The van der Waals surface area contributed by atoms with Crippen LogP contribution in [0.4, 0.5) is 16.0 Å². The monoisotopic (exact) mass is 418 g/mol. The Morgan fingerprint density at radius 2 is 2.12 bits per heavy atom. The van der Waals surface area contributed by atoms with Crippen LogP contribution >= 0.6 is 27.3 Å². The molecule has 1 aromatic carbocycles. The molecule has 0 unspecified atom stereocenters. The minimum atomic E-state index is -0.255. The van der Waals surface area contributed by atoms with Gasteiger partial charge in [-0.2, -0.15) is 0 Å². The molecular formula is C18H16BrFN4S. The second-order valence-corrected chi connectivity index (χ2v) is 7.90. The standard InChI is InChI=1S/C18H16BrFN4S/c19-13-7-16(25-11-13)10-24-6-5-17-12(9-24)8-21-18(23-17)22-15-3-1-14(20)2-4-15/h1-4,7-8,11H,5-6,9-10H2,(H,21,22,23). The van der Waals surface area contributed by atoms with Gasteiger partial charge in [-0.25, -0.2) is 14.4 Å². The first kappa shape index (κ1) is 16.6. The minimum Gasteiger partial charge on any atom is -0.324 e. The van der Waals surface area contributed by atoms with Gasteiger partial charge in [0.05, 0.1) is 5.69 Å². The summed E-state index contributed by atoms with van der Waals surface area (Å²) in [5, 5.41) is 5.24. The van der Waals surface area contributed by atoms with Crippen molar-refractivity contribution in [2.75, 3.05) is 11.9 Å². The molecule has 25 heavy (non-hydrogen) atoms. The van der Waals surface area contributed by atoms with Crippen molar-refractivity contribution in [2.45, 2.75) is 19.5 Å². The zero-order chi connectivity index (χ0) is 17.2. The molecule has 1 aliphatic rings. The predicted molar refractivity (Wildman–Crippen MR) is 102 cm³/mol. The summed E-state index contributed by atoms with van der Waals surface area (Å²) in [7, 11) is 0. The Kier molecular flexibility index (Phi) is 4.78. The molecule has 0 saturated carbocycles. The highest BCUT2D eigenvalue weighted by atomic mass is 79.9. The van der Waals surface area contributed by atoms with Crippen LogP contribution in [0.2, 0.25) is 0 Å². The molecule has 7 heteroatoms. The Morgan fingerprint density at radius 3 is 2.88 bits per heavy atom. The van der Waals surface area contributed by atoms with Crippen molar-refractivity contribution in [3.8, 4) is 0 Å². The molecule has 0 radical (unpaired) electrons. The number of aromatic nitrogens is 2. The van der Waals surface area contributed by atoms with Crippen LogP contribution in [-0.2, 0) is 19.5 Å². The van der Waals surface area contributed by atoms with Crippen LogP contribution in [0.5, 0.6) is 0 Å². The largest absolute Gasteiger partial charge is 0.324 e. The number of halogens is 2. The Labute approximate surface area is 157 Å². The Bertz CT molecular complexity index is 881. The fourth-order valence-corrected chi connectivity index (χ4v) is 4.38. The summed E-state index contributed by atoms with van der Waals surface area (Å²) >= 11 is 5.28. The summed E-state index contributed by atoms with van der Waals surface area (Å²) in [6.07, 6.45) is 2.80. The van der Waals surface area contributed by atoms with Crippen LogP contribution in [0.15, 0.2) is 46.4 Å². The van der Waals surface area contributed by atoms with E-state index < -0.39 is 0 Å². The zero-order valence-electron chi connectivity index (χ0n) is 13.4. The van der Waals surface area contributed by atoms with E-state index in [9.17, 15) is 4.39 Å². The van der Waals surface area contributed by atoms with E-state index in [1.165, 1.54) is 22.6 Å². The van der Waals surface area contributed by atoms with Gasteiger partial charge < -0.3 is 5.32 Å². The van der Waals surface area contributed by atoms with Gasteiger partial charge >= 0.3 is 0 Å². The van der Waals surface area contributed by atoms with Crippen LogP contribution in [-0.4, -0.2) is 21.4 Å². The van der Waals surface area contributed by atoms with E-state index in [4.69, 9.17) is 0 Å². The van der Waals surface area contributed by atoms with Gasteiger partial charge in [-0.1, -0.05) is 0 Å². The summed E-state index contributed by atoms with van der Waals surface area (Å²) < 4.78 is 14.1. The number of hydrogen-bond acceptors (Lipinski definition) is 5. The number of nitrogens with one attached hydrogen (secondary N) is 1. The van der Waals surface area contributed by atoms with Gasteiger partial charge in [0.15, 0.2) is 0 Å². The molecule has 0 atom stereocenters. The van der Waals surface area contributed by atoms with Gasteiger partial charge in [0.1, 0.15) is 5.82 Å². The third-order valence-electron chi connectivity index (χ3n) is 4.11. The van der Waals surface area contributed by atoms with Crippen molar-refractivity contribution >= 4 is 38.9 Å². The van der Waals surface area contributed by atoms with Crippen LogP contribution in [0, 0.1) is 5.82 Å². The van der Waals surface area contributed by atoms with Crippen molar-refractivity contribution in [1.82, 2.24) is 14.9 Å². The van der Waals surface area contributed by atoms with Gasteiger partial charge in [0.2, 0.25) is 5.95 Å². The first-order valence-electron chi connectivity index (χ1n) is 7.98. The first-order valence-corrected chi connectivity index (χ1v) is 9.65. The molecule has 2 aromatic heterocycles. The maximum atomic E-state index is 13.0. The third kappa shape index (κ3) is 4.05. The predicted octanol–water partition coefficient (Wildman–Crippen LogP) is 4.74. The van der Waals surface area contributed by atoms with E-state index in [0.717, 1.165) is 41.9 Å². The Morgan fingerprint density at radius 1 is 1.28 bits per heavy atom. The molecule has 0 aliphatic carbocycles. The lowest BCUT2D eigenvalue weighted by Gasteiger charge is -2.27. The number of fused-ring (bicyclic) bond motifs is 1. The smallest absolute Gasteiger partial charge is 0.227 e. The maximum absolute atomic E-state index is 13.0. The molecule has 4 rings (SSSR count). The normalized spacial score (nSPS) is 14.3. The van der Waals surface area contributed by atoms with E-state index in [-0.39, 0.29) is 5.82 Å². The van der Waals surface area contributed by atoms with Gasteiger partial charge in [0.25, 0.3) is 0 Å². The van der Waals surface area contributed by atoms with Gasteiger partial charge in [-0.3, -0.25) is 4.90 Å². The zero-order valence-corrected chi connectivity index (χ0v) is 15.8. The molecule has 0 bridgehead atoms. The molecule has 128 valence electrons. The number of rotatable bonds is 4. The first-order chi connectivity index (χ1) is 12.2. The SMILES string of the molecule is Fc1ccc(Nc2ncc3c(n2)CCN(Cc2cc(Br)cs2)C3)cc1. The highest BCUT2D eigenvalue weighted by Gasteiger charge is 2.19. The quantitative estimate of drug-likeness (QED) is 0.663. The van der Waals surface area contributed by atoms with E-state index >= 15 is 0 Å². The van der Waals surface area contributed by atoms with Gasteiger partial charge in [0, 0.05) is 58.2 Å². The molecule has 3 aromatic rings. The maximum Gasteiger partial charge on any atom is 0.227 e. The van der Waals surface area contributed by atoms with E-state index in [2.05, 4.69) is 47.6 Å². The lowest BCUT2D eigenvalue weighted by atomic mass is 10.1. The van der Waals surface area contributed by atoms with Crippen molar-refractivity contribution in [3.05, 3.63) is 68.3 Å². The van der Waals surface area contributed by atoms with Crippen LogP contribution in [0.3, 0.4) is 0 Å². The summed E-state index contributed by atoms with van der Waals surface area (Å²) in [6, 6.07) is 8.37. The summed E-state index contributed by atoms with van der Waals surface area (Å²) in [5.41, 5.74) is 3.04. The Hall–Kier alpha value is -1.83. The fraction of sp³-hybridized carbons (Fsp3) is 0.222. The van der Waals surface area contributed by atoms with Gasteiger partial charge in [-0.15, -0.1) is 11.3 Å². The molecule has 1 N–H and O–H groups in total. The van der Waals surface area contributed by atoms with E-state index in [1.807, 2.05) is 6.20 Å². The molecule has 0 saturated heterocycles. The highest BCUT2D eigenvalue weighted by molar-refractivity contribution is 9.10. The van der Waals surface area contributed by atoms with Crippen LogP contribution < -0.4 is 5.32 Å². The minimum absolute atomic E-state index is 0.255. The average Bonchev–Trinajstić information content (AvgIpc) is 3.02. The third-order valence-corrected chi connectivity index (χ3v) is 5.80. The summed E-state index contributed by atoms with van der Waals surface area (Å²) in [5.74, 6) is 0.302. The van der Waals surface area contributed by atoms with Crippen LogP contribution in [0.25, 0.3) is 0 Å². The van der Waals surface area contributed by atoms with Crippen molar-refractivity contribution in [3.63, 3.8) is 0 Å².